The van der Waals surface area contributed by atoms with Crippen molar-refractivity contribution in [3.8, 4) is 0 Å². The number of ketones is 1. The molecule has 1 aromatic rings. The Balaban J connectivity index is 1.90. The molecule has 0 aromatic heterocycles. The van der Waals surface area contributed by atoms with Crippen LogP contribution in [-0.2, 0) is 17.8 Å². The molecule has 2 aliphatic rings. The van der Waals surface area contributed by atoms with Gasteiger partial charge in [0.25, 0.3) is 0 Å². The summed E-state index contributed by atoms with van der Waals surface area (Å²) in [5.74, 6) is 0.528. The second-order valence-corrected chi connectivity index (χ2v) is 8.60. The van der Waals surface area contributed by atoms with E-state index in [-0.39, 0.29) is 18.0 Å². The van der Waals surface area contributed by atoms with Crippen LogP contribution in [0, 0.1) is 17.7 Å². The van der Waals surface area contributed by atoms with Gasteiger partial charge in [0.05, 0.1) is 11.3 Å². The summed E-state index contributed by atoms with van der Waals surface area (Å²) in [5, 5.41) is 3.06. The third-order valence-electron chi connectivity index (χ3n) is 5.82. The zero-order valence-electron chi connectivity index (χ0n) is 16.3. The average Bonchev–Trinajstić information content (AvgIpc) is 2.85. The molecule has 0 N–H and O–H groups in total. The lowest BCUT2D eigenvalue weighted by molar-refractivity contribution is -0.122. The zero-order chi connectivity index (χ0) is 18.7. The van der Waals surface area contributed by atoms with E-state index in [1.165, 1.54) is 31.2 Å². The van der Waals surface area contributed by atoms with E-state index in [4.69, 9.17) is 4.99 Å². The van der Waals surface area contributed by atoms with Crippen LogP contribution in [-0.4, -0.2) is 17.0 Å². The quantitative estimate of drug-likeness (QED) is 0.531. The molecule has 0 saturated heterocycles. The van der Waals surface area contributed by atoms with Crippen LogP contribution in [0.25, 0.3) is 0 Å². The number of hydrogen-bond donors (Lipinski definition) is 0. The van der Waals surface area contributed by atoms with Crippen molar-refractivity contribution in [1.29, 1.82) is 0 Å². The minimum atomic E-state index is -0.192. The van der Waals surface area contributed by atoms with E-state index < -0.39 is 0 Å². The lowest BCUT2D eigenvalue weighted by Crippen LogP contribution is -2.31. The Bertz CT molecular complexity index is 726. The van der Waals surface area contributed by atoms with Crippen molar-refractivity contribution in [3.63, 3.8) is 0 Å². The number of nitrogens with zero attached hydrogens (tertiary/aromatic N) is 2. The summed E-state index contributed by atoms with van der Waals surface area (Å²) in [7, 11) is 0. The average molecular weight is 354 g/mol. The second kappa shape index (κ2) is 7.81. The van der Waals surface area contributed by atoms with E-state index >= 15 is 0 Å². The fourth-order valence-electron chi connectivity index (χ4n) is 4.44. The van der Waals surface area contributed by atoms with Crippen molar-refractivity contribution >= 4 is 11.5 Å². The molecule has 4 nitrogen and oxygen atoms in total. The number of rotatable bonds is 5. The Morgan fingerprint density at radius 3 is 2.54 bits per heavy atom. The number of carbonyl (C=O) groups excluding carboxylic acids is 1. The molecule has 0 atom stereocenters. The van der Waals surface area contributed by atoms with E-state index in [1.807, 2.05) is 13.0 Å². The Kier molecular flexibility index (Phi) is 5.69. The van der Waals surface area contributed by atoms with E-state index in [2.05, 4.69) is 25.1 Å². The minimum Gasteiger partial charge on any atom is -0.299 e. The molecule has 1 aliphatic carbocycles. The Morgan fingerprint density at radius 1 is 1.19 bits per heavy atom. The van der Waals surface area contributed by atoms with Gasteiger partial charge in [0.15, 0.2) is 0 Å². The molecule has 4 heteroatoms. The monoisotopic (exact) mass is 354 g/mol. The molecule has 26 heavy (non-hydrogen) atoms. The summed E-state index contributed by atoms with van der Waals surface area (Å²) in [6.45, 7) is 6.45. The van der Waals surface area contributed by atoms with Gasteiger partial charge in [-0.25, -0.2) is 0 Å². The van der Waals surface area contributed by atoms with Crippen LogP contribution in [0.15, 0.2) is 22.3 Å². The van der Waals surface area contributed by atoms with Gasteiger partial charge in [-0.15, -0.1) is 0 Å². The molecule has 1 aromatic carbocycles. The van der Waals surface area contributed by atoms with Crippen molar-refractivity contribution in [2.45, 2.75) is 84.2 Å². The second-order valence-electron chi connectivity index (χ2n) is 8.60. The van der Waals surface area contributed by atoms with E-state index in [0.29, 0.717) is 12.2 Å². The van der Waals surface area contributed by atoms with Gasteiger partial charge in [-0.1, -0.05) is 36.9 Å². The number of carbonyl (C=O) groups is 1. The molecule has 0 spiro atoms. The molecule has 1 aliphatic heterocycles. The highest BCUT2D eigenvalue weighted by atomic mass is 16.3. The summed E-state index contributed by atoms with van der Waals surface area (Å²) < 4.78 is 0. The Hall–Kier alpha value is -1.84. The maximum absolute atomic E-state index is 13.0. The number of aryl methyl sites for hydroxylation is 1. The largest absolute Gasteiger partial charge is 0.299 e. The molecule has 1 fully saturated rings. The molecule has 1 saturated carbocycles. The van der Waals surface area contributed by atoms with Gasteiger partial charge in [0.2, 0.25) is 0 Å². The normalized spacial score (nSPS) is 20.0. The van der Waals surface area contributed by atoms with Crippen LogP contribution in [0.2, 0.25) is 0 Å². The maximum atomic E-state index is 13.0. The molecule has 0 radical (unpaired) electrons. The van der Waals surface area contributed by atoms with Gasteiger partial charge in [-0.3, -0.25) is 9.79 Å². The molecule has 140 valence electrons. The van der Waals surface area contributed by atoms with Crippen LogP contribution in [0.5, 0.6) is 0 Å². The van der Waals surface area contributed by atoms with E-state index in [9.17, 15) is 9.70 Å². The van der Waals surface area contributed by atoms with Crippen molar-refractivity contribution < 1.29 is 4.79 Å². The van der Waals surface area contributed by atoms with Crippen LogP contribution >= 0.6 is 0 Å². The maximum Gasteiger partial charge on any atom is 0.141 e. The van der Waals surface area contributed by atoms with Gasteiger partial charge in [0, 0.05) is 12.3 Å². The number of fused-ring (bicyclic) bond motifs is 1. The van der Waals surface area contributed by atoms with E-state index in [1.54, 1.807) is 0 Å². The lowest BCUT2D eigenvalue weighted by atomic mass is 9.82. The number of benzene rings is 1. The van der Waals surface area contributed by atoms with Gasteiger partial charge in [-0.2, -0.15) is 4.91 Å². The first-order valence-electron chi connectivity index (χ1n) is 9.93. The molecular formula is C22H30N2O2. The third kappa shape index (κ3) is 4.28. The van der Waals surface area contributed by atoms with Gasteiger partial charge < -0.3 is 0 Å². The SMILES string of the molecule is Cc1cc2c(cc1CN=O)C(CC(=O)C1CCCCCC1)=NC(C)(C)C2. The van der Waals surface area contributed by atoms with Crippen molar-refractivity contribution in [1.82, 2.24) is 0 Å². The smallest absolute Gasteiger partial charge is 0.141 e. The zero-order valence-corrected chi connectivity index (χ0v) is 16.3. The highest BCUT2D eigenvalue weighted by molar-refractivity contribution is 6.13. The highest BCUT2D eigenvalue weighted by Crippen LogP contribution is 2.32. The Morgan fingerprint density at radius 2 is 1.88 bits per heavy atom. The number of nitroso groups, excluding NO2 is 1. The first-order chi connectivity index (χ1) is 12.4. The minimum absolute atomic E-state index is 0.173. The number of hydrogen-bond acceptors (Lipinski definition) is 4. The predicted molar refractivity (Wildman–Crippen MR) is 106 cm³/mol. The summed E-state index contributed by atoms with van der Waals surface area (Å²) >= 11 is 0. The third-order valence-corrected chi connectivity index (χ3v) is 5.82. The molecule has 3 rings (SSSR count). The number of Topliss-reactive ketones (excluding diaryl/α,β-unsaturated/α-hetero) is 1. The van der Waals surface area contributed by atoms with Crippen molar-refractivity contribution in [2.75, 3.05) is 0 Å². The van der Waals surface area contributed by atoms with Gasteiger partial charge in [0.1, 0.15) is 12.3 Å². The van der Waals surface area contributed by atoms with Crippen molar-refractivity contribution in [3.05, 3.63) is 39.3 Å². The topological polar surface area (TPSA) is 58.9 Å². The standard InChI is InChI=1S/C22H30N2O2/c1-15-10-17-13-22(2,3)24-20(19(17)11-18(15)14-23-26)12-21(25)16-8-6-4-5-7-9-16/h10-11,16H,4-9,12-14H2,1-3H3. The summed E-state index contributed by atoms with van der Waals surface area (Å²) in [6, 6.07) is 4.20. The Labute approximate surface area is 156 Å². The first-order valence-corrected chi connectivity index (χ1v) is 9.93. The first kappa shape index (κ1) is 18.9. The van der Waals surface area contributed by atoms with E-state index in [0.717, 1.165) is 41.7 Å². The lowest BCUT2D eigenvalue weighted by Gasteiger charge is -2.30. The van der Waals surface area contributed by atoms with Crippen LogP contribution in [0.3, 0.4) is 0 Å². The van der Waals surface area contributed by atoms with Crippen LogP contribution in [0.4, 0.5) is 0 Å². The molecule has 0 amide bonds. The molecule has 1 heterocycles. The van der Waals surface area contributed by atoms with Crippen molar-refractivity contribution in [2.24, 2.45) is 16.1 Å². The highest BCUT2D eigenvalue weighted by Gasteiger charge is 2.30. The fraction of sp³-hybridized carbons (Fsp3) is 0.636. The van der Waals surface area contributed by atoms with Crippen LogP contribution < -0.4 is 0 Å². The van der Waals surface area contributed by atoms with Gasteiger partial charge in [-0.05, 0) is 68.4 Å². The summed E-state index contributed by atoms with van der Waals surface area (Å²) in [5.41, 5.74) is 5.03. The molecular weight excluding hydrogens is 324 g/mol. The predicted octanol–water partition coefficient (Wildman–Crippen LogP) is 5.31. The molecule has 0 unspecified atom stereocenters. The number of aliphatic imine (C=N–C) groups is 1. The van der Waals surface area contributed by atoms with Gasteiger partial charge >= 0.3 is 0 Å². The summed E-state index contributed by atoms with van der Waals surface area (Å²) in [4.78, 5) is 28.7. The van der Waals surface area contributed by atoms with Crippen LogP contribution in [0.1, 0.15) is 81.0 Å². The molecule has 0 bridgehead atoms. The fourth-order valence-corrected chi connectivity index (χ4v) is 4.44. The summed E-state index contributed by atoms with van der Waals surface area (Å²) in [6.07, 6.45) is 8.16.